The number of amides is 3. The van der Waals surface area contributed by atoms with Gasteiger partial charge < -0.3 is 24.4 Å². The first kappa shape index (κ1) is 21.4. The van der Waals surface area contributed by atoms with Gasteiger partial charge in [0.05, 0.1) is 25.6 Å². The van der Waals surface area contributed by atoms with Crippen LogP contribution in [0, 0.1) is 0 Å². The van der Waals surface area contributed by atoms with Gasteiger partial charge in [-0.2, -0.15) is 0 Å². The van der Waals surface area contributed by atoms with Crippen LogP contribution in [0.2, 0.25) is 0 Å². The number of urea groups is 1. The predicted molar refractivity (Wildman–Crippen MR) is 114 cm³/mol. The van der Waals surface area contributed by atoms with Crippen LogP contribution >= 0.6 is 0 Å². The van der Waals surface area contributed by atoms with E-state index < -0.39 is 0 Å². The molecule has 0 unspecified atom stereocenters. The van der Waals surface area contributed by atoms with E-state index in [0.29, 0.717) is 42.5 Å². The fraction of sp³-hybridized carbons (Fsp3) is 0.364. The average molecular weight is 413 g/mol. The molecule has 160 valence electrons. The third-order valence-electron chi connectivity index (χ3n) is 4.84. The van der Waals surface area contributed by atoms with Crippen molar-refractivity contribution in [2.24, 2.45) is 0 Å². The van der Waals surface area contributed by atoms with Gasteiger partial charge in [-0.25, -0.2) is 4.79 Å². The number of carbonyl (C=O) groups excluding carboxylic acids is 2. The quantitative estimate of drug-likeness (QED) is 0.719. The van der Waals surface area contributed by atoms with E-state index in [9.17, 15) is 9.59 Å². The smallest absolute Gasteiger partial charge is 0.324 e. The molecule has 1 aliphatic rings. The van der Waals surface area contributed by atoms with Crippen molar-refractivity contribution in [3.8, 4) is 11.5 Å². The minimum atomic E-state index is -0.269. The first-order chi connectivity index (χ1) is 14.5. The fourth-order valence-corrected chi connectivity index (χ4v) is 3.46. The Balaban J connectivity index is 1.80. The van der Waals surface area contributed by atoms with Crippen molar-refractivity contribution in [2.45, 2.75) is 13.0 Å². The number of carbonyl (C=O) groups is 2. The van der Waals surface area contributed by atoms with E-state index in [4.69, 9.17) is 14.2 Å². The topological polar surface area (TPSA) is 80.3 Å². The van der Waals surface area contributed by atoms with Gasteiger partial charge in [-0.1, -0.05) is 12.1 Å². The lowest BCUT2D eigenvalue weighted by atomic mass is 10.1. The molecule has 0 bridgehead atoms. The van der Waals surface area contributed by atoms with E-state index in [1.165, 1.54) is 7.11 Å². The summed E-state index contributed by atoms with van der Waals surface area (Å²) in [5.74, 6) is 1.09. The van der Waals surface area contributed by atoms with Crippen LogP contribution in [0.3, 0.4) is 0 Å². The summed E-state index contributed by atoms with van der Waals surface area (Å²) in [4.78, 5) is 28.7. The molecule has 3 amide bonds. The average Bonchev–Trinajstić information content (AvgIpc) is 2.75. The van der Waals surface area contributed by atoms with Gasteiger partial charge in [0.25, 0.3) is 0 Å². The van der Waals surface area contributed by atoms with Gasteiger partial charge in [0.15, 0.2) is 0 Å². The molecule has 0 aliphatic carbocycles. The summed E-state index contributed by atoms with van der Waals surface area (Å²) in [6, 6.07) is 12.8. The molecule has 1 fully saturated rings. The molecule has 2 aromatic carbocycles. The number of anilines is 2. The Labute approximate surface area is 176 Å². The number of hydrogen-bond acceptors (Lipinski definition) is 5. The number of nitrogens with zero attached hydrogens (tertiary/aromatic N) is 2. The lowest BCUT2D eigenvalue weighted by molar-refractivity contribution is -0.119. The van der Waals surface area contributed by atoms with Crippen molar-refractivity contribution in [1.29, 1.82) is 0 Å². The molecule has 0 aromatic heterocycles. The maximum Gasteiger partial charge on any atom is 0.324 e. The molecule has 1 heterocycles. The van der Waals surface area contributed by atoms with Crippen molar-refractivity contribution in [3.05, 3.63) is 48.0 Å². The Morgan fingerprint density at radius 1 is 1.03 bits per heavy atom. The highest BCUT2D eigenvalue weighted by Crippen LogP contribution is 2.30. The molecule has 2 aromatic rings. The molecule has 8 heteroatoms. The molecular weight excluding hydrogens is 386 g/mol. The molecule has 0 atom stereocenters. The molecule has 0 saturated carbocycles. The van der Waals surface area contributed by atoms with Crippen molar-refractivity contribution < 1.29 is 23.8 Å². The van der Waals surface area contributed by atoms with E-state index in [2.05, 4.69) is 5.32 Å². The first-order valence-corrected chi connectivity index (χ1v) is 9.72. The molecule has 30 heavy (non-hydrogen) atoms. The summed E-state index contributed by atoms with van der Waals surface area (Å²) >= 11 is 0. The highest BCUT2D eigenvalue weighted by atomic mass is 16.5. The summed E-state index contributed by atoms with van der Waals surface area (Å²) in [7, 11) is 4.66. The normalized spacial score (nSPS) is 13.9. The van der Waals surface area contributed by atoms with Crippen LogP contribution in [-0.4, -0.2) is 57.9 Å². The van der Waals surface area contributed by atoms with Crippen LogP contribution in [0.25, 0.3) is 0 Å². The zero-order chi connectivity index (χ0) is 21.5. The summed E-state index contributed by atoms with van der Waals surface area (Å²) in [5.41, 5.74) is 2.17. The van der Waals surface area contributed by atoms with Gasteiger partial charge >= 0.3 is 6.03 Å². The van der Waals surface area contributed by atoms with Gasteiger partial charge in [0.2, 0.25) is 5.91 Å². The Kier molecular flexibility index (Phi) is 7.13. The van der Waals surface area contributed by atoms with Gasteiger partial charge in [-0.05, 0) is 36.2 Å². The second-order valence-corrected chi connectivity index (χ2v) is 6.93. The summed E-state index contributed by atoms with van der Waals surface area (Å²) in [6.07, 6.45) is 0.813. The highest BCUT2D eigenvalue weighted by molar-refractivity contribution is 6.01. The maximum absolute atomic E-state index is 13.3. The van der Waals surface area contributed by atoms with Gasteiger partial charge in [0.1, 0.15) is 18.1 Å². The zero-order valence-electron chi connectivity index (χ0n) is 17.5. The molecule has 1 aliphatic heterocycles. The number of benzene rings is 2. The van der Waals surface area contributed by atoms with Crippen molar-refractivity contribution in [1.82, 2.24) is 4.90 Å². The summed E-state index contributed by atoms with van der Waals surface area (Å²) in [5, 5.41) is 2.81. The Morgan fingerprint density at radius 2 is 1.73 bits per heavy atom. The predicted octanol–water partition coefficient (Wildman–Crippen LogP) is 3.12. The van der Waals surface area contributed by atoms with Crippen molar-refractivity contribution in [2.75, 3.05) is 51.2 Å². The standard InChI is InChI=1S/C22H27N3O5/c1-28-15-21(26)23-19-7-4-5-8-20(19)25-10-6-9-24(22(25)27)14-16-11-17(29-2)13-18(12-16)30-3/h4-5,7-8,11-13H,6,9-10,14-15H2,1-3H3,(H,23,26). The number of para-hydroxylation sites is 2. The minimum absolute atomic E-state index is 0.0495. The Morgan fingerprint density at radius 3 is 2.40 bits per heavy atom. The Hall–Kier alpha value is -3.26. The van der Waals surface area contributed by atoms with Gasteiger partial charge in [-0.3, -0.25) is 9.69 Å². The molecule has 8 nitrogen and oxygen atoms in total. The van der Waals surface area contributed by atoms with Crippen LogP contribution in [0.5, 0.6) is 11.5 Å². The first-order valence-electron chi connectivity index (χ1n) is 9.72. The largest absolute Gasteiger partial charge is 0.497 e. The molecular formula is C22H27N3O5. The maximum atomic E-state index is 13.3. The number of nitrogens with one attached hydrogen (secondary N) is 1. The summed E-state index contributed by atoms with van der Waals surface area (Å²) < 4.78 is 15.5. The van der Waals surface area contributed by atoms with E-state index in [1.807, 2.05) is 30.3 Å². The minimum Gasteiger partial charge on any atom is -0.497 e. The third-order valence-corrected chi connectivity index (χ3v) is 4.84. The SMILES string of the molecule is COCC(=O)Nc1ccccc1N1CCCN(Cc2cc(OC)cc(OC)c2)C1=O. The van der Waals surface area contributed by atoms with Crippen LogP contribution in [0.4, 0.5) is 16.2 Å². The van der Waals surface area contributed by atoms with Gasteiger partial charge in [0, 0.05) is 32.8 Å². The van der Waals surface area contributed by atoms with E-state index in [0.717, 1.165) is 12.0 Å². The number of rotatable bonds is 8. The second-order valence-electron chi connectivity index (χ2n) is 6.93. The molecule has 0 spiro atoms. The fourth-order valence-electron chi connectivity index (χ4n) is 3.46. The van der Waals surface area contributed by atoms with Crippen LogP contribution in [0.15, 0.2) is 42.5 Å². The number of methoxy groups -OCH3 is 3. The van der Waals surface area contributed by atoms with E-state index in [1.54, 1.807) is 36.2 Å². The third kappa shape index (κ3) is 5.01. The molecule has 1 N–H and O–H groups in total. The van der Waals surface area contributed by atoms with E-state index in [-0.39, 0.29) is 18.5 Å². The lowest BCUT2D eigenvalue weighted by Gasteiger charge is -2.36. The zero-order valence-corrected chi connectivity index (χ0v) is 17.5. The van der Waals surface area contributed by atoms with Crippen molar-refractivity contribution in [3.63, 3.8) is 0 Å². The van der Waals surface area contributed by atoms with Gasteiger partial charge in [-0.15, -0.1) is 0 Å². The van der Waals surface area contributed by atoms with Crippen molar-refractivity contribution >= 4 is 23.3 Å². The number of ether oxygens (including phenoxy) is 3. The summed E-state index contributed by atoms with van der Waals surface area (Å²) in [6.45, 7) is 1.61. The van der Waals surface area contributed by atoms with Crippen LogP contribution in [-0.2, 0) is 16.1 Å². The second kappa shape index (κ2) is 9.98. The Bertz CT molecular complexity index is 880. The highest BCUT2D eigenvalue weighted by Gasteiger charge is 2.28. The van der Waals surface area contributed by atoms with Crippen LogP contribution < -0.4 is 19.7 Å². The monoisotopic (exact) mass is 413 g/mol. The number of hydrogen-bond donors (Lipinski definition) is 1. The van der Waals surface area contributed by atoms with Crippen LogP contribution in [0.1, 0.15) is 12.0 Å². The molecule has 0 radical (unpaired) electrons. The van der Waals surface area contributed by atoms with E-state index >= 15 is 0 Å². The molecule has 1 saturated heterocycles. The molecule has 3 rings (SSSR count). The lowest BCUT2D eigenvalue weighted by Crippen LogP contribution is -2.49.